The fourth-order valence-electron chi connectivity index (χ4n) is 5.89. The van der Waals surface area contributed by atoms with Gasteiger partial charge in [-0.25, -0.2) is 4.98 Å². The fraction of sp³-hybridized carbons (Fsp3) is 0.520. The highest BCUT2D eigenvalue weighted by Crippen LogP contribution is 2.53. The number of ether oxygens (including phenoxy) is 3. The van der Waals surface area contributed by atoms with Crippen molar-refractivity contribution in [1.82, 2.24) is 9.88 Å². The number of amides is 2. The van der Waals surface area contributed by atoms with Crippen molar-refractivity contribution in [2.24, 2.45) is 17.8 Å². The van der Waals surface area contributed by atoms with Crippen molar-refractivity contribution in [3.8, 4) is 5.75 Å². The number of likely N-dealkylation sites (tertiary alicyclic amines) is 1. The number of thiazole rings is 1. The molecule has 3 fully saturated rings. The normalized spacial score (nSPS) is 29.8. The Morgan fingerprint density at radius 1 is 1.29 bits per heavy atom. The minimum absolute atomic E-state index is 0.0715. The molecule has 2 aromatic rings. The summed E-state index contributed by atoms with van der Waals surface area (Å²) in [5.41, 5.74) is -0.0366. The number of aromatic nitrogens is 1. The summed E-state index contributed by atoms with van der Waals surface area (Å²) in [6, 6.07) is 5.66. The van der Waals surface area contributed by atoms with Gasteiger partial charge in [0, 0.05) is 19.2 Å². The van der Waals surface area contributed by atoms with E-state index in [2.05, 4.69) is 4.98 Å². The van der Waals surface area contributed by atoms with E-state index in [-0.39, 0.29) is 23.7 Å². The van der Waals surface area contributed by atoms with Crippen LogP contribution in [-0.4, -0.2) is 72.7 Å². The minimum atomic E-state index is -0.805. The number of benzene rings is 1. The molecule has 1 aromatic carbocycles. The monoisotopic (exact) mass is 497 g/mol. The highest BCUT2D eigenvalue weighted by Gasteiger charge is 2.67. The van der Waals surface area contributed by atoms with Gasteiger partial charge in [0.1, 0.15) is 11.4 Å². The molecule has 0 aliphatic carbocycles. The van der Waals surface area contributed by atoms with Gasteiger partial charge in [-0.3, -0.25) is 19.3 Å². The maximum atomic E-state index is 13.7. The first kappa shape index (κ1) is 22.5. The van der Waals surface area contributed by atoms with Gasteiger partial charge in [-0.1, -0.05) is 23.5 Å². The Labute approximate surface area is 206 Å². The average Bonchev–Trinajstić information content (AvgIpc) is 3.62. The van der Waals surface area contributed by atoms with E-state index in [4.69, 9.17) is 14.2 Å². The van der Waals surface area contributed by atoms with Crippen LogP contribution >= 0.6 is 11.3 Å². The number of methoxy groups -OCH3 is 1. The molecule has 10 heteroatoms. The fourth-order valence-corrected chi connectivity index (χ4v) is 6.84. The third-order valence-electron chi connectivity index (χ3n) is 7.63. The first-order valence-corrected chi connectivity index (χ1v) is 12.8. The maximum absolute atomic E-state index is 13.7. The molecule has 35 heavy (non-hydrogen) atoms. The van der Waals surface area contributed by atoms with Crippen LogP contribution in [0, 0.1) is 17.8 Å². The molecule has 9 nitrogen and oxygen atoms in total. The van der Waals surface area contributed by atoms with E-state index in [0.717, 1.165) is 10.2 Å². The van der Waals surface area contributed by atoms with Crippen LogP contribution in [0.4, 0.5) is 5.13 Å². The van der Waals surface area contributed by atoms with Crippen LogP contribution in [0.3, 0.4) is 0 Å². The number of piperidine rings is 1. The van der Waals surface area contributed by atoms with Crippen LogP contribution in [0.25, 0.3) is 10.2 Å². The molecule has 1 aromatic heterocycles. The molecule has 0 saturated carbocycles. The van der Waals surface area contributed by atoms with E-state index < -0.39 is 23.5 Å². The highest BCUT2D eigenvalue weighted by atomic mass is 32.1. The summed E-state index contributed by atoms with van der Waals surface area (Å²) in [5.74, 6) is -0.997. The number of hydrogen-bond donors (Lipinski definition) is 0. The third kappa shape index (κ3) is 3.45. The van der Waals surface area contributed by atoms with Crippen LogP contribution in [0.15, 0.2) is 30.4 Å². The lowest BCUT2D eigenvalue weighted by Crippen LogP contribution is -2.49. The highest BCUT2D eigenvalue weighted by molar-refractivity contribution is 7.22. The molecule has 6 rings (SSSR count). The first-order valence-electron chi connectivity index (χ1n) is 12.0. The standard InChI is InChI=1S/C25H27N3O6S/c1-3-33-23(31)14-7-10-27(11-8-14)21(29)19-17-6-9-25(34-17)13-28(22(30)20(19)25)24-26-16-12-15(32-2)4-5-18(16)35-24/h4-6,9,12,14,17,19-20H,3,7-8,10-11,13H2,1-2H3/t17-,19-,20-,25+/m1/s1. The number of carbonyl (C=O) groups excluding carboxylic acids is 3. The predicted molar refractivity (Wildman–Crippen MR) is 128 cm³/mol. The Kier molecular flexibility index (Phi) is 5.33. The first-order chi connectivity index (χ1) is 16.9. The summed E-state index contributed by atoms with van der Waals surface area (Å²) in [4.78, 5) is 47.6. The van der Waals surface area contributed by atoms with Crippen LogP contribution in [0.1, 0.15) is 19.8 Å². The van der Waals surface area contributed by atoms with Crippen molar-refractivity contribution < 1.29 is 28.6 Å². The van der Waals surface area contributed by atoms with Crippen molar-refractivity contribution in [2.75, 3.05) is 38.3 Å². The second-order valence-corrected chi connectivity index (χ2v) is 10.5. The number of esters is 1. The summed E-state index contributed by atoms with van der Waals surface area (Å²) in [6.07, 6.45) is 4.62. The number of hydrogen-bond acceptors (Lipinski definition) is 8. The van der Waals surface area contributed by atoms with Crippen LogP contribution in [-0.2, 0) is 23.9 Å². The van der Waals surface area contributed by atoms with Gasteiger partial charge in [-0.2, -0.15) is 0 Å². The lowest BCUT2D eigenvalue weighted by Gasteiger charge is -2.34. The Hall–Kier alpha value is -2.98. The van der Waals surface area contributed by atoms with Gasteiger partial charge in [0.15, 0.2) is 5.13 Å². The summed E-state index contributed by atoms with van der Waals surface area (Å²) in [6.45, 7) is 3.45. The molecule has 2 amide bonds. The Bertz CT molecular complexity index is 1240. The third-order valence-corrected chi connectivity index (χ3v) is 8.69. The van der Waals surface area contributed by atoms with Crippen LogP contribution in [0.2, 0.25) is 0 Å². The molecule has 0 N–H and O–H groups in total. The second-order valence-electron chi connectivity index (χ2n) is 9.51. The molecule has 3 saturated heterocycles. The molecular formula is C25H27N3O6S. The number of rotatable bonds is 5. The van der Waals surface area contributed by atoms with Crippen molar-refractivity contribution in [2.45, 2.75) is 31.5 Å². The quantitative estimate of drug-likeness (QED) is 0.462. The maximum Gasteiger partial charge on any atom is 0.309 e. The van der Waals surface area contributed by atoms with E-state index in [9.17, 15) is 14.4 Å². The molecule has 0 unspecified atom stereocenters. The predicted octanol–water partition coefficient (Wildman–Crippen LogP) is 2.39. The van der Waals surface area contributed by atoms with Gasteiger partial charge in [-0.05, 0) is 31.9 Å². The molecule has 184 valence electrons. The molecule has 4 aliphatic rings. The molecular weight excluding hydrogens is 470 g/mol. The molecule has 0 radical (unpaired) electrons. The van der Waals surface area contributed by atoms with E-state index in [1.807, 2.05) is 30.4 Å². The van der Waals surface area contributed by atoms with Crippen LogP contribution in [0.5, 0.6) is 5.75 Å². The van der Waals surface area contributed by atoms with E-state index >= 15 is 0 Å². The number of carbonyl (C=O) groups is 3. The second kappa shape index (κ2) is 8.30. The van der Waals surface area contributed by atoms with Crippen molar-refractivity contribution in [3.63, 3.8) is 0 Å². The Morgan fingerprint density at radius 2 is 2.09 bits per heavy atom. The van der Waals surface area contributed by atoms with Gasteiger partial charge < -0.3 is 19.1 Å². The summed E-state index contributed by atoms with van der Waals surface area (Å²) in [5, 5.41) is 0.601. The SMILES string of the molecule is CCOC(=O)C1CCN(C(=O)[C@@H]2[C@H]3C=C[C@@]4(CN(c5nc6cc(OC)ccc6s5)C(=O)[C@@H]24)O3)CC1. The molecule has 4 aliphatic heterocycles. The molecule has 1 spiro atoms. The summed E-state index contributed by atoms with van der Waals surface area (Å²) >= 11 is 1.44. The zero-order chi connectivity index (χ0) is 24.3. The van der Waals surface area contributed by atoms with Gasteiger partial charge in [0.2, 0.25) is 11.8 Å². The van der Waals surface area contributed by atoms with Crippen molar-refractivity contribution >= 4 is 44.5 Å². The zero-order valence-electron chi connectivity index (χ0n) is 19.6. The van der Waals surface area contributed by atoms with Gasteiger partial charge in [0.25, 0.3) is 0 Å². The molecule has 4 atom stereocenters. The summed E-state index contributed by atoms with van der Waals surface area (Å²) in [7, 11) is 1.61. The average molecular weight is 498 g/mol. The topological polar surface area (TPSA) is 98.3 Å². The van der Waals surface area contributed by atoms with Gasteiger partial charge in [-0.15, -0.1) is 0 Å². The molecule has 2 bridgehead atoms. The Morgan fingerprint density at radius 3 is 2.83 bits per heavy atom. The van der Waals surface area contributed by atoms with Crippen LogP contribution < -0.4 is 9.64 Å². The number of anilines is 1. The zero-order valence-corrected chi connectivity index (χ0v) is 20.5. The molecule has 5 heterocycles. The summed E-state index contributed by atoms with van der Waals surface area (Å²) < 4.78 is 17.7. The van der Waals surface area contributed by atoms with Gasteiger partial charge >= 0.3 is 5.97 Å². The lowest BCUT2D eigenvalue weighted by molar-refractivity contribution is -0.152. The minimum Gasteiger partial charge on any atom is -0.497 e. The van der Waals surface area contributed by atoms with Gasteiger partial charge in [0.05, 0.1) is 54.3 Å². The smallest absolute Gasteiger partial charge is 0.309 e. The van der Waals surface area contributed by atoms with Crippen molar-refractivity contribution in [3.05, 3.63) is 30.4 Å². The lowest BCUT2D eigenvalue weighted by atomic mass is 9.76. The van der Waals surface area contributed by atoms with E-state index in [0.29, 0.717) is 50.0 Å². The van der Waals surface area contributed by atoms with Crippen molar-refractivity contribution in [1.29, 1.82) is 0 Å². The van der Waals surface area contributed by atoms with E-state index in [1.54, 1.807) is 23.8 Å². The van der Waals surface area contributed by atoms with E-state index in [1.165, 1.54) is 11.3 Å². The number of fused-ring (bicyclic) bond motifs is 2. The Balaban J connectivity index is 1.22. The number of nitrogens with zero attached hydrogens (tertiary/aromatic N) is 3. The largest absolute Gasteiger partial charge is 0.497 e.